The van der Waals surface area contributed by atoms with Gasteiger partial charge in [-0.25, -0.2) is 4.79 Å². The average molecular weight is 329 g/mol. The zero-order valence-electron chi connectivity index (χ0n) is 11.2. The second-order valence-corrected chi connectivity index (χ2v) is 5.27. The summed E-state index contributed by atoms with van der Waals surface area (Å²) in [6.07, 6.45) is 1.98. The number of hydrogen-bond donors (Lipinski definition) is 2. The first-order chi connectivity index (χ1) is 9.17. The standard InChI is InChI=1S/C14H21BrN2O2/c1-2-3-7-17(8-9-18)14(19)16-11-12-5-4-6-13(15)10-12/h4-6,10,18H,2-3,7-9,11H2,1H3,(H,16,19). The third kappa shape index (κ3) is 6.07. The Morgan fingerprint density at radius 2 is 2.21 bits per heavy atom. The number of nitrogens with one attached hydrogen (secondary N) is 1. The van der Waals surface area contributed by atoms with Crippen LogP contribution in [-0.4, -0.2) is 35.7 Å². The Morgan fingerprint density at radius 1 is 1.42 bits per heavy atom. The molecule has 1 rings (SSSR count). The molecule has 0 atom stereocenters. The number of hydrogen-bond acceptors (Lipinski definition) is 2. The summed E-state index contributed by atoms with van der Waals surface area (Å²) in [4.78, 5) is 13.6. The Hall–Kier alpha value is -1.07. The van der Waals surface area contributed by atoms with Crippen LogP contribution in [-0.2, 0) is 6.54 Å². The first kappa shape index (κ1) is 16.0. The molecular formula is C14H21BrN2O2. The van der Waals surface area contributed by atoms with Crippen LogP contribution >= 0.6 is 15.9 Å². The van der Waals surface area contributed by atoms with Crippen molar-refractivity contribution < 1.29 is 9.90 Å². The Morgan fingerprint density at radius 3 is 2.84 bits per heavy atom. The van der Waals surface area contributed by atoms with Crippen molar-refractivity contribution in [2.75, 3.05) is 19.7 Å². The van der Waals surface area contributed by atoms with Crippen molar-refractivity contribution in [1.29, 1.82) is 0 Å². The molecule has 4 nitrogen and oxygen atoms in total. The van der Waals surface area contributed by atoms with E-state index in [0.29, 0.717) is 19.6 Å². The van der Waals surface area contributed by atoms with Crippen LogP contribution in [0.3, 0.4) is 0 Å². The molecule has 0 aromatic heterocycles. The second-order valence-electron chi connectivity index (χ2n) is 4.35. The Balaban J connectivity index is 2.47. The maximum Gasteiger partial charge on any atom is 0.317 e. The molecule has 0 aliphatic carbocycles. The normalized spacial score (nSPS) is 10.3. The third-order valence-electron chi connectivity index (χ3n) is 2.77. The molecule has 1 aromatic rings. The highest BCUT2D eigenvalue weighted by atomic mass is 79.9. The Labute approximate surface area is 122 Å². The SMILES string of the molecule is CCCCN(CCO)C(=O)NCc1cccc(Br)c1. The first-order valence-corrected chi connectivity index (χ1v) is 7.34. The van der Waals surface area contributed by atoms with Gasteiger partial charge in [-0.3, -0.25) is 0 Å². The van der Waals surface area contributed by atoms with Gasteiger partial charge in [0.05, 0.1) is 6.61 Å². The lowest BCUT2D eigenvalue weighted by Gasteiger charge is -2.22. The third-order valence-corrected chi connectivity index (χ3v) is 3.26. The van der Waals surface area contributed by atoms with Gasteiger partial charge in [0.15, 0.2) is 0 Å². The van der Waals surface area contributed by atoms with Crippen LogP contribution < -0.4 is 5.32 Å². The fourth-order valence-corrected chi connectivity index (χ4v) is 2.17. The van der Waals surface area contributed by atoms with Crippen molar-refractivity contribution in [3.05, 3.63) is 34.3 Å². The van der Waals surface area contributed by atoms with Gasteiger partial charge in [-0.15, -0.1) is 0 Å². The zero-order chi connectivity index (χ0) is 14.1. The number of carbonyl (C=O) groups excluding carboxylic acids is 1. The summed E-state index contributed by atoms with van der Waals surface area (Å²) in [5, 5.41) is 11.9. The molecule has 0 saturated carbocycles. The van der Waals surface area contributed by atoms with Crippen LogP contribution in [0, 0.1) is 0 Å². The van der Waals surface area contributed by atoms with Gasteiger partial charge in [0.25, 0.3) is 0 Å². The molecule has 0 spiro atoms. The fraction of sp³-hybridized carbons (Fsp3) is 0.500. The molecule has 0 radical (unpaired) electrons. The van der Waals surface area contributed by atoms with Gasteiger partial charge in [0.1, 0.15) is 0 Å². The first-order valence-electron chi connectivity index (χ1n) is 6.55. The van der Waals surface area contributed by atoms with Gasteiger partial charge >= 0.3 is 6.03 Å². The van der Waals surface area contributed by atoms with Crippen molar-refractivity contribution in [1.82, 2.24) is 10.2 Å². The summed E-state index contributed by atoms with van der Waals surface area (Å²) in [5.41, 5.74) is 1.04. The molecule has 2 amide bonds. The fourth-order valence-electron chi connectivity index (χ4n) is 1.72. The van der Waals surface area contributed by atoms with Crippen molar-refractivity contribution in [2.24, 2.45) is 0 Å². The van der Waals surface area contributed by atoms with Crippen molar-refractivity contribution in [2.45, 2.75) is 26.3 Å². The number of aliphatic hydroxyl groups excluding tert-OH is 1. The molecule has 0 bridgehead atoms. The molecule has 106 valence electrons. The quantitative estimate of drug-likeness (QED) is 0.808. The smallest absolute Gasteiger partial charge is 0.317 e. The van der Waals surface area contributed by atoms with Crippen LogP contribution in [0.1, 0.15) is 25.3 Å². The van der Waals surface area contributed by atoms with Crippen LogP contribution in [0.25, 0.3) is 0 Å². The highest BCUT2D eigenvalue weighted by molar-refractivity contribution is 9.10. The van der Waals surface area contributed by atoms with E-state index in [0.717, 1.165) is 22.9 Å². The van der Waals surface area contributed by atoms with E-state index in [1.165, 1.54) is 0 Å². The van der Waals surface area contributed by atoms with E-state index >= 15 is 0 Å². The maximum atomic E-state index is 12.0. The van der Waals surface area contributed by atoms with Gasteiger partial charge in [-0.05, 0) is 24.1 Å². The molecule has 0 fully saturated rings. The number of aliphatic hydroxyl groups is 1. The van der Waals surface area contributed by atoms with Crippen molar-refractivity contribution in [3.63, 3.8) is 0 Å². The molecule has 0 aliphatic heterocycles. The highest BCUT2D eigenvalue weighted by Crippen LogP contribution is 2.11. The lowest BCUT2D eigenvalue weighted by molar-refractivity contribution is 0.176. The summed E-state index contributed by atoms with van der Waals surface area (Å²) in [7, 11) is 0. The lowest BCUT2D eigenvalue weighted by atomic mass is 10.2. The highest BCUT2D eigenvalue weighted by Gasteiger charge is 2.11. The minimum Gasteiger partial charge on any atom is -0.395 e. The van der Waals surface area contributed by atoms with Gasteiger partial charge in [0, 0.05) is 24.1 Å². The summed E-state index contributed by atoms with van der Waals surface area (Å²) in [6, 6.07) is 7.71. The van der Waals surface area contributed by atoms with Gasteiger partial charge < -0.3 is 15.3 Å². The minimum atomic E-state index is -0.123. The summed E-state index contributed by atoms with van der Waals surface area (Å²) >= 11 is 3.40. The Bertz CT molecular complexity index is 399. The predicted molar refractivity (Wildman–Crippen MR) is 79.9 cm³/mol. The number of urea groups is 1. The number of benzene rings is 1. The molecule has 19 heavy (non-hydrogen) atoms. The van der Waals surface area contributed by atoms with Crippen LogP contribution in [0.2, 0.25) is 0 Å². The van der Waals surface area contributed by atoms with Crippen LogP contribution in [0.15, 0.2) is 28.7 Å². The predicted octanol–water partition coefficient (Wildman–Crippen LogP) is 2.75. The van der Waals surface area contributed by atoms with E-state index in [2.05, 4.69) is 28.2 Å². The number of unbranched alkanes of at least 4 members (excludes halogenated alkanes) is 1. The van der Waals surface area contributed by atoms with Gasteiger partial charge in [-0.1, -0.05) is 41.4 Å². The van der Waals surface area contributed by atoms with Gasteiger partial charge in [-0.2, -0.15) is 0 Å². The molecule has 0 heterocycles. The van der Waals surface area contributed by atoms with E-state index in [1.54, 1.807) is 4.90 Å². The second kappa shape index (κ2) is 8.93. The van der Waals surface area contributed by atoms with E-state index in [9.17, 15) is 4.79 Å². The summed E-state index contributed by atoms with van der Waals surface area (Å²) in [5.74, 6) is 0. The number of halogens is 1. The van der Waals surface area contributed by atoms with E-state index < -0.39 is 0 Å². The molecule has 0 aliphatic rings. The topological polar surface area (TPSA) is 52.6 Å². The van der Waals surface area contributed by atoms with E-state index in [4.69, 9.17) is 5.11 Å². The molecule has 0 unspecified atom stereocenters. The van der Waals surface area contributed by atoms with Crippen molar-refractivity contribution in [3.8, 4) is 0 Å². The Kier molecular flexibility index (Phi) is 7.52. The largest absolute Gasteiger partial charge is 0.395 e. The number of amides is 2. The van der Waals surface area contributed by atoms with E-state index in [-0.39, 0.29) is 12.6 Å². The minimum absolute atomic E-state index is 0.00593. The summed E-state index contributed by atoms with van der Waals surface area (Å²) in [6.45, 7) is 3.63. The number of nitrogens with zero attached hydrogens (tertiary/aromatic N) is 1. The van der Waals surface area contributed by atoms with Gasteiger partial charge in [0.2, 0.25) is 0 Å². The number of rotatable bonds is 7. The number of carbonyl (C=O) groups is 1. The lowest BCUT2D eigenvalue weighted by Crippen LogP contribution is -2.41. The monoisotopic (exact) mass is 328 g/mol. The maximum absolute atomic E-state index is 12.0. The molecule has 5 heteroatoms. The molecular weight excluding hydrogens is 308 g/mol. The van der Waals surface area contributed by atoms with Crippen LogP contribution in [0.5, 0.6) is 0 Å². The van der Waals surface area contributed by atoms with E-state index in [1.807, 2.05) is 24.3 Å². The molecule has 1 aromatic carbocycles. The van der Waals surface area contributed by atoms with Crippen molar-refractivity contribution >= 4 is 22.0 Å². The molecule has 2 N–H and O–H groups in total. The van der Waals surface area contributed by atoms with Crippen LogP contribution in [0.4, 0.5) is 4.79 Å². The average Bonchev–Trinajstić information content (AvgIpc) is 2.41. The molecule has 0 saturated heterocycles. The zero-order valence-corrected chi connectivity index (χ0v) is 12.8. The summed E-state index contributed by atoms with van der Waals surface area (Å²) < 4.78 is 0.998.